The maximum Gasteiger partial charge on any atom is 0.0801 e. The Bertz CT molecular complexity index is 959. The average molecular weight is 769 g/mol. The van der Waals surface area contributed by atoms with Crippen LogP contribution in [-0.4, -0.2) is 38.6 Å². The van der Waals surface area contributed by atoms with Crippen LogP contribution in [0.25, 0.3) is 0 Å². The number of halogens is 3. The van der Waals surface area contributed by atoms with Gasteiger partial charge in [-0.15, -0.1) is 0 Å². The normalized spacial score (nSPS) is 12.2. The molecule has 1 aliphatic rings. The van der Waals surface area contributed by atoms with E-state index in [4.69, 9.17) is 4.74 Å². The van der Waals surface area contributed by atoms with Gasteiger partial charge >= 0.3 is 39.3 Å². The summed E-state index contributed by atoms with van der Waals surface area (Å²) in [5.41, 5.74) is 0. The van der Waals surface area contributed by atoms with Crippen LogP contribution in [0.1, 0.15) is 12.8 Å². The number of nitrogens with two attached hydrogens (primary N) is 1. The quantitative estimate of drug-likeness (QED) is 0.150. The monoisotopic (exact) mass is 765 g/mol. The van der Waals surface area contributed by atoms with Crippen molar-refractivity contribution in [1.29, 1.82) is 0 Å². The second-order valence-electron chi connectivity index (χ2n) is 8.88. The van der Waals surface area contributed by atoms with Crippen LogP contribution < -0.4 is 38.9 Å². The van der Waals surface area contributed by atoms with Crippen molar-refractivity contribution in [3.63, 3.8) is 0 Å². The number of hydrogen-bond acceptors (Lipinski definition) is 1. The summed E-state index contributed by atoms with van der Waals surface area (Å²) in [6.45, 7) is 4.34. The van der Waals surface area contributed by atoms with Gasteiger partial charge in [0, 0.05) is 25.5 Å². The van der Waals surface area contributed by atoms with Gasteiger partial charge in [-0.25, -0.2) is 0 Å². The molecule has 1 aliphatic heterocycles. The molecule has 0 bridgehead atoms. The van der Waals surface area contributed by atoms with Gasteiger partial charge in [0.05, 0.1) is 13.1 Å². The molecule has 1 fully saturated rings. The molecule has 2 nitrogen and oxygen atoms in total. The minimum absolute atomic E-state index is 0. The Morgan fingerprint density at radius 2 is 0.825 bits per heavy atom. The van der Waals surface area contributed by atoms with Crippen LogP contribution in [0.3, 0.4) is 0 Å². The number of rotatable bonds is 10. The topological polar surface area (TPSA) is 25.8 Å². The fourth-order valence-electron chi connectivity index (χ4n) is 4.34. The van der Waals surface area contributed by atoms with Gasteiger partial charge in [0.25, 0.3) is 0 Å². The molecule has 0 unspecified atom stereocenters. The molecule has 2 N–H and O–H groups in total. The van der Waals surface area contributed by atoms with Crippen LogP contribution in [0, 0.1) is 0 Å². The molecule has 0 aromatic heterocycles. The SMILES string of the molecule is C1CCOC1.[Br][Ni][Br].[Cl-].c1ccc(P(CC[NH2+]CCP(c2ccccc2)c2ccccc2)c2ccccc2)cc1. The van der Waals surface area contributed by atoms with E-state index < -0.39 is 0 Å². The molecule has 40 heavy (non-hydrogen) atoms. The predicted molar refractivity (Wildman–Crippen MR) is 177 cm³/mol. The Kier molecular flexibility index (Phi) is 20.4. The predicted octanol–water partition coefficient (Wildman–Crippen LogP) is 3.31. The number of quaternary nitrogens is 1. The van der Waals surface area contributed by atoms with E-state index in [1.165, 1.54) is 70.4 Å². The fraction of sp³-hybridized carbons (Fsp3) is 0.250. The molecule has 0 radical (unpaired) electrons. The first kappa shape index (κ1) is 35.6. The zero-order chi connectivity index (χ0) is 27.4. The Labute approximate surface area is 269 Å². The van der Waals surface area contributed by atoms with E-state index >= 15 is 0 Å². The summed E-state index contributed by atoms with van der Waals surface area (Å²) in [4.78, 5) is 0. The molecule has 0 aliphatic carbocycles. The summed E-state index contributed by atoms with van der Waals surface area (Å²) >= 11 is 6.00. The van der Waals surface area contributed by atoms with Crippen molar-refractivity contribution in [3.05, 3.63) is 121 Å². The number of ether oxygens (including phenoxy) is 1. The molecule has 0 atom stereocenters. The van der Waals surface area contributed by atoms with E-state index in [-0.39, 0.29) is 28.3 Å². The first-order chi connectivity index (χ1) is 19.3. The molecule has 0 saturated carbocycles. The standard InChI is InChI=1S/C28H29NP2.C4H8O.2BrH.ClH.Ni/c1-5-13-25(14-6-1)30(26-15-7-2-8-16-26)23-21-29-22-24-31(27-17-9-3-10-18-27)28-19-11-4-12-20-28;1-2-4-5-3-1;;;;/h1-20,29H,21-24H2;1-4H2;3*1H;/q;;;;;+2/p-2. The van der Waals surface area contributed by atoms with Crippen LogP contribution in [0.4, 0.5) is 0 Å². The van der Waals surface area contributed by atoms with E-state index in [1.54, 1.807) is 0 Å². The van der Waals surface area contributed by atoms with Crippen LogP contribution in [0.15, 0.2) is 121 Å². The summed E-state index contributed by atoms with van der Waals surface area (Å²) in [5.74, 6) is 0. The molecule has 1 saturated heterocycles. The van der Waals surface area contributed by atoms with E-state index in [0.29, 0.717) is 0 Å². The Morgan fingerprint density at radius 3 is 1.05 bits per heavy atom. The molecule has 0 spiro atoms. The summed E-state index contributed by atoms with van der Waals surface area (Å²) in [5, 5.41) is 8.45. The maximum atomic E-state index is 4.94. The molecular weight excluding hydrogens is 730 g/mol. The molecule has 218 valence electrons. The zero-order valence-electron chi connectivity index (χ0n) is 22.5. The summed E-state index contributed by atoms with van der Waals surface area (Å²) in [6.07, 6.45) is 5.00. The van der Waals surface area contributed by atoms with Crippen LogP contribution in [0.2, 0.25) is 0 Å². The van der Waals surface area contributed by atoms with Gasteiger partial charge < -0.3 is 22.5 Å². The first-order valence-corrected chi connectivity index (χ1v) is 21.2. The third-order valence-corrected chi connectivity index (χ3v) is 11.3. The minimum Gasteiger partial charge on any atom is -1.00 e. The van der Waals surface area contributed by atoms with Gasteiger partial charge in [0.15, 0.2) is 0 Å². The third kappa shape index (κ3) is 13.6. The second kappa shape index (κ2) is 22.9. The average Bonchev–Trinajstić information content (AvgIpc) is 3.60. The van der Waals surface area contributed by atoms with Crippen molar-refractivity contribution in [2.75, 3.05) is 38.6 Å². The van der Waals surface area contributed by atoms with E-state index in [1.807, 2.05) is 0 Å². The molecule has 5 rings (SSSR count). The van der Waals surface area contributed by atoms with Crippen LogP contribution in [0.5, 0.6) is 0 Å². The fourth-order valence-corrected chi connectivity index (χ4v) is 8.98. The van der Waals surface area contributed by atoms with E-state index in [0.717, 1.165) is 13.2 Å². The summed E-state index contributed by atoms with van der Waals surface area (Å²) < 4.78 is 4.94. The van der Waals surface area contributed by atoms with Crippen molar-refractivity contribution in [2.45, 2.75) is 12.8 Å². The van der Waals surface area contributed by atoms with Crippen LogP contribution in [-0.2, 0) is 15.6 Å². The third-order valence-electron chi connectivity index (χ3n) is 6.21. The van der Waals surface area contributed by atoms with Crippen molar-refractivity contribution in [3.8, 4) is 0 Å². The van der Waals surface area contributed by atoms with Gasteiger partial charge in [-0.05, 0) is 49.9 Å². The molecule has 4 aromatic rings. The largest absolute Gasteiger partial charge is 1.00 e. The molecular formula is C32H38Br2ClNNiOP2. The van der Waals surface area contributed by atoms with Gasteiger partial charge in [-0.3, -0.25) is 0 Å². The Morgan fingerprint density at radius 1 is 0.550 bits per heavy atom. The summed E-state index contributed by atoms with van der Waals surface area (Å²) in [6, 6.07) is 44.2. The van der Waals surface area contributed by atoms with Gasteiger partial charge in [-0.1, -0.05) is 121 Å². The van der Waals surface area contributed by atoms with Gasteiger partial charge in [-0.2, -0.15) is 0 Å². The van der Waals surface area contributed by atoms with Crippen molar-refractivity contribution in [2.24, 2.45) is 0 Å². The number of hydrogen-bond donors (Lipinski definition) is 1. The van der Waals surface area contributed by atoms with E-state index in [2.05, 4.69) is 155 Å². The van der Waals surface area contributed by atoms with Gasteiger partial charge in [0.1, 0.15) is 0 Å². The smallest absolute Gasteiger partial charge is 0.0801 e. The number of benzene rings is 4. The van der Waals surface area contributed by atoms with Crippen molar-refractivity contribution >= 4 is 65.5 Å². The Hall–Kier alpha value is -0.596. The zero-order valence-corrected chi connectivity index (χ0v) is 29.2. The van der Waals surface area contributed by atoms with Crippen molar-refractivity contribution in [1.82, 2.24) is 0 Å². The molecule has 0 amide bonds. The van der Waals surface area contributed by atoms with Gasteiger partial charge in [0.2, 0.25) is 0 Å². The Balaban J connectivity index is 0.000000543. The molecule has 1 heterocycles. The maximum absolute atomic E-state index is 4.94. The molecule has 4 aromatic carbocycles. The van der Waals surface area contributed by atoms with Crippen molar-refractivity contribution < 1.29 is 33.4 Å². The summed E-state index contributed by atoms with van der Waals surface area (Å²) in [7, 11) is 0.657. The minimum atomic E-state index is -0.296. The second-order valence-corrected chi connectivity index (χ2v) is 18.5. The van der Waals surface area contributed by atoms with E-state index in [9.17, 15) is 0 Å². The molecule has 8 heteroatoms. The first-order valence-electron chi connectivity index (χ1n) is 13.3. The van der Waals surface area contributed by atoms with Crippen LogP contribution >= 0.6 is 44.3 Å².